The van der Waals surface area contributed by atoms with E-state index in [1.54, 1.807) is 4.90 Å². The zero-order valence-electron chi connectivity index (χ0n) is 16.9. The molecule has 0 atom stereocenters. The first-order valence-corrected chi connectivity index (χ1v) is 10.8. The Labute approximate surface area is 172 Å². The van der Waals surface area contributed by atoms with Gasteiger partial charge in [0.2, 0.25) is 11.8 Å². The smallest absolute Gasteiger partial charge is 0.318 e. The number of piperidine rings is 1. The molecule has 1 N–H and O–H groups in total. The minimum absolute atomic E-state index is 0.0627. The Morgan fingerprint density at radius 1 is 0.931 bits per heavy atom. The predicted octanol–water partition coefficient (Wildman–Crippen LogP) is 1.63. The van der Waals surface area contributed by atoms with E-state index in [9.17, 15) is 14.4 Å². The van der Waals surface area contributed by atoms with Crippen molar-refractivity contribution >= 4 is 17.8 Å². The number of nitrogens with zero attached hydrogens (tertiary/aromatic N) is 3. The van der Waals surface area contributed by atoms with E-state index in [1.165, 1.54) is 5.56 Å². The molecule has 29 heavy (non-hydrogen) atoms. The fourth-order valence-electron chi connectivity index (χ4n) is 4.23. The zero-order chi connectivity index (χ0) is 20.2. The number of amides is 4. The largest absolute Gasteiger partial charge is 0.343 e. The van der Waals surface area contributed by atoms with Gasteiger partial charge in [0.1, 0.15) is 6.54 Å². The monoisotopic (exact) mass is 398 g/mol. The molecule has 2 heterocycles. The van der Waals surface area contributed by atoms with E-state index in [-0.39, 0.29) is 30.4 Å². The van der Waals surface area contributed by atoms with Crippen LogP contribution in [0.5, 0.6) is 0 Å². The molecule has 1 aliphatic carbocycles. The van der Waals surface area contributed by atoms with E-state index in [1.807, 2.05) is 40.1 Å². The van der Waals surface area contributed by atoms with Crippen molar-refractivity contribution in [1.29, 1.82) is 0 Å². The number of hydrogen-bond acceptors (Lipinski definition) is 3. The molecule has 7 nitrogen and oxygen atoms in total. The van der Waals surface area contributed by atoms with Crippen molar-refractivity contribution in [2.24, 2.45) is 0 Å². The van der Waals surface area contributed by atoms with Gasteiger partial charge in [-0.15, -0.1) is 0 Å². The van der Waals surface area contributed by atoms with Crippen molar-refractivity contribution in [3.05, 3.63) is 35.9 Å². The minimum atomic E-state index is -0.150. The number of carbonyl (C=O) groups is 3. The predicted molar refractivity (Wildman–Crippen MR) is 109 cm³/mol. The van der Waals surface area contributed by atoms with E-state index >= 15 is 0 Å². The summed E-state index contributed by atoms with van der Waals surface area (Å²) in [6.45, 7) is 2.77. The molecule has 0 radical (unpaired) electrons. The number of benzene rings is 1. The molecule has 4 amide bonds. The molecule has 1 aromatic rings. The molecule has 1 aromatic carbocycles. The van der Waals surface area contributed by atoms with Gasteiger partial charge in [-0.05, 0) is 37.7 Å². The van der Waals surface area contributed by atoms with E-state index in [2.05, 4.69) is 5.32 Å². The molecule has 4 rings (SSSR count). The van der Waals surface area contributed by atoms with Crippen LogP contribution < -0.4 is 5.32 Å². The first-order valence-electron chi connectivity index (χ1n) is 10.8. The van der Waals surface area contributed by atoms with E-state index in [0.29, 0.717) is 38.6 Å². The normalized spacial score (nSPS) is 20.7. The van der Waals surface area contributed by atoms with Gasteiger partial charge in [0, 0.05) is 44.7 Å². The first kappa shape index (κ1) is 19.7. The molecule has 3 aliphatic rings. The number of carbonyl (C=O) groups excluding carboxylic acids is 3. The summed E-state index contributed by atoms with van der Waals surface area (Å²) in [5.74, 6) is 0.244. The van der Waals surface area contributed by atoms with E-state index in [0.717, 1.165) is 32.1 Å². The van der Waals surface area contributed by atoms with Gasteiger partial charge in [0.05, 0.1) is 0 Å². The van der Waals surface area contributed by atoms with Gasteiger partial charge in [-0.1, -0.05) is 30.3 Å². The molecule has 1 saturated carbocycles. The van der Waals surface area contributed by atoms with Crippen molar-refractivity contribution < 1.29 is 14.4 Å². The molecule has 156 valence electrons. The number of rotatable bonds is 5. The highest BCUT2D eigenvalue weighted by molar-refractivity contribution is 5.85. The van der Waals surface area contributed by atoms with Gasteiger partial charge >= 0.3 is 6.03 Å². The topological polar surface area (TPSA) is 73.0 Å². The Kier molecular flexibility index (Phi) is 6.02. The third kappa shape index (κ3) is 5.08. The van der Waals surface area contributed by atoms with Crippen LogP contribution in [0.3, 0.4) is 0 Å². The minimum Gasteiger partial charge on any atom is -0.343 e. The van der Waals surface area contributed by atoms with Crippen molar-refractivity contribution in [2.75, 3.05) is 32.7 Å². The number of hydrogen-bond donors (Lipinski definition) is 1. The Hall–Kier alpha value is -2.57. The highest BCUT2D eigenvalue weighted by atomic mass is 16.2. The van der Waals surface area contributed by atoms with Crippen molar-refractivity contribution in [3.8, 4) is 0 Å². The van der Waals surface area contributed by atoms with Crippen molar-refractivity contribution in [3.63, 3.8) is 0 Å². The number of aryl methyl sites for hydroxylation is 1. The second kappa shape index (κ2) is 8.84. The maximum Gasteiger partial charge on any atom is 0.318 e. The summed E-state index contributed by atoms with van der Waals surface area (Å²) in [5, 5.41) is 3.06. The Morgan fingerprint density at radius 3 is 2.31 bits per heavy atom. The van der Waals surface area contributed by atoms with Crippen LogP contribution in [0.15, 0.2) is 30.3 Å². The SMILES string of the molecule is O=C(CCc1ccccc1)N1CCC(NC(=O)N2CCN(C3CC3)C(=O)C2)CC1. The summed E-state index contributed by atoms with van der Waals surface area (Å²) in [7, 11) is 0. The third-order valence-corrected chi connectivity index (χ3v) is 6.18. The second-order valence-corrected chi connectivity index (χ2v) is 8.33. The number of piperazine rings is 1. The van der Waals surface area contributed by atoms with Crippen LogP contribution in [0, 0.1) is 0 Å². The number of nitrogens with one attached hydrogen (secondary N) is 1. The second-order valence-electron chi connectivity index (χ2n) is 8.33. The lowest BCUT2D eigenvalue weighted by Gasteiger charge is -2.37. The molecule has 0 bridgehead atoms. The lowest BCUT2D eigenvalue weighted by Crippen LogP contribution is -2.57. The Balaban J connectivity index is 1.17. The molecular formula is C22H30N4O3. The van der Waals surface area contributed by atoms with Gasteiger partial charge in [-0.3, -0.25) is 9.59 Å². The van der Waals surface area contributed by atoms with Crippen LogP contribution in [-0.4, -0.2) is 77.4 Å². The van der Waals surface area contributed by atoms with Gasteiger partial charge in [0.15, 0.2) is 0 Å². The zero-order valence-corrected chi connectivity index (χ0v) is 16.9. The highest BCUT2D eigenvalue weighted by Gasteiger charge is 2.37. The lowest BCUT2D eigenvalue weighted by atomic mass is 10.0. The summed E-state index contributed by atoms with van der Waals surface area (Å²) in [5.41, 5.74) is 1.18. The van der Waals surface area contributed by atoms with Crippen molar-refractivity contribution in [1.82, 2.24) is 20.0 Å². The summed E-state index contributed by atoms with van der Waals surface area (Å²) in [6.07, 6.45) is 5.00. The van der Waals surface area contributed by atoms with Gasteiger partial charge in [-0.2, -0.15) is 0 Å². The highest BCUT2D eigenvalue weighted by Crippen LogP contribution is 2.28. The quantitative estimate of drug-likeness (QED) is 0.819. The van der Waals surface area contributed by atoms with E-state index in [4.69, 9.17) is 0 Å². The van der Waals surface area contributed by atoms with Crippen LogP contribution in [0.2, 0.25) is 0 Å². The van der Waals surface area contributed by atoms with Crippen LogP contribution in [0.4, 0.5) is 4.79 Å². The number of likely N-dealkylation sites (tertiary alicyclic amines) is 1. The molecule has 7 heteroatoms. The lowest BCUT2D eigenvalue weighted by molar-refractivity contribution is -0.135. The molecule has 2 aliphatic heterocycles. The Bertz CT molecular complexity index is 742. The third-order valence-electron chi connectivity index (χ3n) is 6.18. The van der Waals surface area contributed by atoms with E-state index < -0.39 is 0 Å². The van der Waals surface area contributed by atoms with Gasteiger partial charge in [0.25, 0.3) is 0 Å². The fourth-order valence-corrected chi connectivity index (χ4v) is 4.23. The molecule has 0 aromatic heterocycles. The van der Waals surface area contributed by atoms with Crippen molar-refractivity contribution in [2.45, 2.75) is 50.6 Å². The molecule has 3 fully saturated rings. The average molecular weight is 399 g/mol. The molecular weight excluding hydrogens is 368 g/mol. The maximum absolute atomic E-state index is 12.5. The van der Waals surface area contributed by atoms with Crippen LogP contribution in [-0.2, 0) is 16.0 Å². The van der Waals surface area contributed by atoms with Gasteiger partial charge in [-0.25, -0.2) is 4.79 Å². The van der Waals surface area contributed by atoms with Crippen LogP contribution in [0.1, 0.15) is 37.7 Å². The summed E-state index contributed by atoms with van der Waals surface area (Å²) < 4.78 is 0. The van der Waals surface area contributed by atoms with Crippen LogP contribution >= 0.6 is 0 Å². The molecule has 0 unspecified atom stereocenters. The average Bonchev–Trinajstić information content (AvgIpc) is 3.58. The molecule has 2 saturated heterocycles. The fraction of sp³-hybridized carbons (Fsp3) is 0.591. The Morgan fingerprint density at radius 2 is 1.66 bits per heavy atom. The summed E-state index contributed by atoms with van der Waals surface area (Å²) >= 11 is 0. The maximum atomic E-state index is 12.5. The first-order chi connectivity index (χ1) is 14.1. The summed E-state index contributed by atoms with van der Waals surface area (Å²) in [6, 6.07) is 10.4. The standard InChI is InChI=1S/C22H30N4O3/c27-20(9-6-17-4-2-1-3-5-17)24-12-10-18(11-13-24)23-22(29)25-14-15-26(19-7-8-19)21(28)16-25/h1-5,18-19H,6-16H2,(H,23,29). The van der Waals surface area contributed by atoms with Crippen LogP contribution in [0.25, 0.3) is 0 Å². The number of urea groups is 1. The molecule has 0 spiro atoms. The summed E-state index contributed by atoms with van der Waals surface area (Å²) in [4.78, 5) is 42.7. The van der Waals surface area contributed by atoms with Gasteiger partial charge < -0.3 is 20.0 Å².